The molecule has 13 nitrogen and oxygen atoms in total. The van der Waals surface area contributed by atoms with Crippen LogP contribution in [0.3, 0.4) is 0 Å². The van der Waals surface area contributed by atoms with E-state index in [0.29, 0.717) is 34.2 Å². The molecule has 0 aromatic heterocycles. The van der Waals surface area contributed by atoms with E-state index in [-0.39, 0.29) is 33.9 Å². The van der Waals surface area contributed by atoms with Crippen LogP contribution in [0.4, 0.5) is 5.69 Å². The predicted octanol–water partition coefficient (Wildman–Crippen LogP) is 17.3. The highest BCUT2D eigenvalue weighted by Crippen LogP contribution is 2.53. The van der Waals surface area contributed by atoms with E-state index in [1.807, 2.05) is 216 Å². The number of anilines is 1. The van der Waals surface area contributed by atoms with Gasteiger partial charge in [0.2, 0.25) is 24.0 Å². The number of carbonyl (C=O) groups excluding carboxylic acids is 6. The van der Waals surface area contributed by atoms with E-state index in [1.165, 1.54) is 33.6 Å². The summed E-state index contributed by atoms with van der Waals surface area (Å²) in [6, 6.07) is 67.5. The number of morpholine rings is 1. The fourth-order valence-electron chi connectivity index (χ4n) is 12.8. The van der Waals surface area contributed by atoms with Crippen LogP contribution in [0.15, 0.2) is 218 Å². The summed E-state index contributed by atoms with van der Waals surface area (Å²) in [5.41, 5.74) is 10.0. The average Bonchev–Trinajstić information content (AvgIpc) is 0.749. The molecule has 1 heterocycles. The molecule has 1 saturated heterocycles. The van der Waals surface area contributed by atoms with Gasteiger partial charge in [-0.1, -0.05) is 233 Å². The number of ether oxygens (including phenoxy) is 3. The Morgan fingerprint density at radius 1 is 0.485 bits per heavy atom. The van der Waals surface area contributed by atoms with Crippen molar-refractivity contribution in [3.63, 3.8) is 0 Å². The lowest BCUT2D eigenvalue weighted by molar-refractivity contribution is -0.176. The minimum Gasteiger partial charge on any atom is -0.382 e. The van der Waals surface area contributed by atoms with Crippen LogP contribution in [-0.4, -0.2) is 110 Å². The standard InChI is InChI=1S/C26H27O3P.C23H30N2O2.C22H26O3.C16H16O3/c1-16-12-18(3)23(19(4)13-16)25(27)30(29,22-10-8-7-9-11-22)26(28)24-20(5)14-17(2)15-21(24)6;1-4-23(24(2)3,18-19-8-6-5-7-9-19)22(26)20-10-12-21(13-11-20)25-14-16-27-17-15-25;1-21(2,3)19(23)17-10-6-15(7-11-17)14-16-8-12-18(13-9-16)20(24)22(4,5)25;1-18-16(19-2,14-11-7-4-8-12-14)15(17)13-9-5-3-6-10-13/h7-15H,1-6H3;5-13H,4,14-18H2,1-3H3;6-13,25H,14H2,1-5H3;3-12H,1-2H3. The van der Waals surface area contributed by atoms with E-state index in [9.17, 15) is 38.4 Å². The molecular formula is C87H99N2O11P. The first-order valence-electron chi connectivity index (χ1n) is 34.2. The van der Waals surface area contributed by atoms with Crippen LogP contribution in [-0.2, 0) is 37.4 Å². The van der Waals surface area contributed by atoms with Crippen LogP contribution in [0.5, 0.6) is 0 Å². The van der Waals surface area contributed by atoms with E-state index < -0.39 is 35.1 Å². The fourth-order valence-corrected chi connectivity index (χ4v) is 15.4. The first-order valence-corrected chi connectivity index (χ1v) is 35.9. The number of carbonyl (C=O) groups is 6. The largest absolute Gasteiger partial charge is 0.382 e. The lowest BCUT2D eigenvalue weighted by Crippen LogP contribution is -2.52. The maximum atomic E-state index is 14.5. The Balaban J connectivity index is 0.000000191. The van der Waals surface area contributed by atoms with Gasteiger partial charge in [-0.15, -0.1) is 0 Å². The molecule has 9 aromatic carbocycles. The van der Waals surface area contributed by atoms with E-state index in [1.54, 1.807) is 54.6 Å². The molecule has 1 unspecified atom stereocenters. The second-order valence-electron chi connectivity index (χ2n) is 27.6. The highest BCUT2D eigenvalue weighted by atomic mass is 31.2. The van der Waals surface area contributed by atoms with Crippen LogP contribution in [0, 0.1) is 47.0 Å². The molecule has 528 valence electrons. The van der Waals surface area contributed by atoms with Crippen LogP contribution >= 0.6 is 7.14 Å². The lowest BCUT2D eigenvalue weighted by atomic mass is 9.80. The topological polar surface area (TPSA) is 174 Å². The average molecular weight is 1380 g/mol. The number of Topliss-reactive ketones (excluding diaryl/α,β-unsaturated/α-hetero) is 4. The fraction of sp³-hybridized carbons (Fsp3) is 0.310. The zero-order chi connectivity index (χ0) is 74.0. The number of hydrogen-bond acceptors (Lipinski definition) is 13. The summed E-state index contributed by atoms with van der Waals surface area (Å²) in [5, 5.41) is 10.1. The molecule has 10 rings (SSSR count). The zero-order valence-corrected chi connectivity index (χ0v) is 62.5. The van der Waals surface area contributed by atoms with Gasteiger partial charge >= 0.3 is 0 Å². The maximum absolute atomic E-state index is 14.5. The van der Waals surface area contributed by atoms with Crippen molar-refractivity contribution in [2.75, 3.05) is 59.5 Å². The second-order valence-corrected chi connectivity index (χ2v) is 30.2. The van der Waals surface area contributed by atoms with Crippen molar-refractivity contribution in [2.24, 2.45) is 5.41 Å². The SMILES string of the molecule is CC(C)(C)C(=O)c1ccc(Cc2ccc(C(=O)C(C)(C)O)cc2)cc1.CCC(Cc1ccccc1)(C(=O)c1ccc(N2CCOCC2)cc1)N(C)C.COC(OC)(C(=O)c1ccccc1)c1ccccc1.Cc1cc(C)c(C(=O)P(=O)(C(=O)c2c(C)cc(C)cc2C)c2ccccc2)c(C)c1. The van der Waals surface area contributed by atoms with E-state index in [0.717, 1.165) is 100 Å². The molecule has 0 aliphatic carbocycles. The molecule has 1 aliphatic heterocycles. The first-order chi connectivity index (χ1) is 47.9. The van der Waals surface area contributed by atoms with Gasteiger partial charge in [-0.2, -0.15) is 0 Å². The van der Waals surface area contributed by atoms with Crippen molar-refractivity contribution in [2.45, 2.75) is 119 Å². The van der Waals surface area contributed by atoms with Crippen LogP contribution in [0.2, 0.25) is 0 Å². The number of ketones is 4. The number of hydrogen-bond donors (Lipinski definition) is 1. The van der Waals surface area contributed by atoms with Gasteiger partial charge in [0.05, 0.1) is 18.8 Å². The van der Waals surface area contributed by atoms with Crippen molar-refractivity contribution >= 4 is 52.3 Å². The molecule has 0 spiro atoms. The molecule has 1 atom stereocenters. The van der Waals surface area contributed by atoms with Crippen molar-refractivity contribution in [3.8, 4) is 0 Å². The Bertz CT molecular complexity index is 4150. The van der Waals surface area contributed by atoms with Crippen molar-refractivity contribution < 1.29 is 52.6 Å². The molecule has 1 fully saturated rings. The highest BCUT2D eigenvalue weighted by Gasteiger charge is 2.45. The van der Waals surface area contributed by atoms with Gasteiger partial charge in [0.15, 0.2) is 17.3 Å². The van der Waals surface area contributed by atoms with Gasteiger partial charge in [0, 0.05) is 82.7 Å². The normalized spacial score (nSPS) is 13.0. The van der Waals surface area contributed by atoms with Crippen molar-refractivity contribution in [1.29, 1.82) is 0 Å². The molecule has 14 heteroatoms. The van der Waals surface area contributed by atoms with Gasteiger partial charge in [-0.3, -0.25) is 33.7 Å². The van der Waals surface area contributed by atoms with Gasteiger partial charge in [0.1, 0.15) is 5.60 Å². The number of aliphatic hydroxyl groups is 1. The third-order valence-electron chi connectivity index (χ3n) is 18.3. The Labute approximate surface area is 598 Å². The quantitative estimate of drug-likeness (QED) is 0.0386. The second kappa shape index (κ2) is 34.9. The van der Waals surface area contributed by atoms with Gasteiger partial charge < -0.3 is 28.8 Å². The Morgan fingerprint density at radius 3 is 1.26 bits per heavy atom. The van der Waals surface area contributed by atoms with E-state index in [4.69, 9.17) is 14.2 Å². The first kappa shape index (κ1) is 79.2. The number of likely N-dealkylation sites (N-methyl/N-ethyl adjacent to an activating group) is 1. The molecule has 0 bridgehead atoms. The van der Waals surface area contributed by atoms with Crippen LogP contribution in [0.1, 0.15) is 166 Å². The highest BCUT2D eigenvalue weighted by molar-refractivity contribution is 8.01. The molecule has 1 aliphatic rings. The third kappa shape index (κ3) is 19.3. The third-order valence-corrected chi connectivity index (χ3v) is 20.9. The number of benzene rings is 9. The number of nitrogens with zero attached hydrogens (tertiary/aromatic N) is 2. The number of aryl methyl sites for hydroxylation is 6. The Kier molecular flexibility index (Phi) is 27.4. The number of methoxy groups -OCH3 is 2. The zero-order valence-electron chi connectivity index (χ0n) is 61.6. The summed E-state index contributed by atoms with van der Waals surface area (Å²) < 4.78 is 30.8. The number of rotatable bonds is 22. The molecule has 9 aromatic rings. The minimum atomic E-state index is -4.11. The van der Waals surface area contributed by atoms with Crippen LogP contribution < -0.4 is 10.2 Å². The lowest BCUT2D eigenvalue weighted by Gasteiger charge is -2.38. The summed E-state index contributed by atoms with van der Waals surface area (Å²) in [6.45, 7) is 25.4. The van der Waals surface area contributed by atoms with E-state index >= 15 is 0 Å². The van der Waals surface area contributed by atoms with Crippen molar-refractivity contribution in [1.82, 2.24) is 4.90 Å². The monoisotopic (exact) mass is 1380 g/mol. The summed E-state index contributed by atoms with van der Waals surface area (Å²) in [6.07, 6.45) is 2.20. The molecule has 101 heavy (non-hydrogen) atoms. The summed E-state index contributed by atoms with van der Waals surface area (Å²) >= 11 is 0. The minimum absolute atomic E-state index is 0.133. The van der Waals surface area contributed by atoms with Gasteiger partial charge in [-0.05, 0) is 152 Å². The molecule has 0 radical (unpaired) electrons. The van der Waals surface area contributed by atoms with Crippen LogP contribution in [0.25, 0.3) is 0 Å². The predicted molar refractivity (Wildman–Crippen MR) is 407 cm³/mol. The van der Waals surface area contributed by atoms with Gasteiger partial charge in [-0.25, -0.2) is 0 Å². The molecular weight excluding hydrogens is 1280 g/mol. The molecule has 1 N–H and O–H groups in total. The maximum Gasteiger partial charge on any atom is 0.260 e. The Hall–Kier alpha value is -9.17. The summed E-state index contributed by atoms with van der Waals surface area (Å²) in [7, 11) is 2.84. The van der Waals surface area contributed by atoms with Gasteiger partial charge in [0.25, 0.3) is 5.79 Å². The summed E-state index contributed by atoms with van der Waals surface area (Å²) in [5.74, 6) is -1.59. The summed E-state index contributed by atoms with van der Waals surface area (Å²) in [4.78, 5) is 82.6. The molecule has 0 amide bonds. The van der Waals surface area contributed by atoms with Crippen molar-refractivity contribution in [3.05, 3.63) is 307 Å². The Morgan fingerprint density at radius 2 is 0.861 bits per heavy atom. The van der Waals surface area contributed by atoms with E-state index in [2.05, 4.69) is 41.0 Å². The smallest absolute Gasteiger partial charge is 0.260 e. The molecule has 0 saturated carbocycles.